The number of rotatable bonds is 8. The van der Waals surface area contributed by atoms with E-state index in [1.165, 1.54) is 6.08 Å². The molecule has 0 aliphatic rings. The molecule has 0 heterocycles. The van der Waals surface area contributed by atoms with Crippen molar-refractivity contribution in [2.45, 2.75) is 39.2 Å². The van der Waals surface area contributed by atoms with Crippen LogP contribution in [-0.2, 0) is 14.4 Å². The Balaban J connectivity index is 4.46. The summed E-state index contributed by atoms with van der Waals surface area (Å²) in [5.74, 6) is -1.51. The van der Waals surface area contributed by atoms with Gasteiger partial charge in [-0.2, -0.15) is 0 Å². The van der Waals surface area contributed by atoms with Gasteiger partial charge in [-0.05, 0) is 6.42 Å². The van der Waals surface area contributed by atoms with Crippen LogP contribution in [0.3, 0.4) is 0 Å². The molecule has 0 fully saturated rings. The Morgan fingerprint density at radius 2 is 1.94 bits per heavy atom. The van der Waals surface area contributed by atoms with Crippen LogP contribution in [0, 0.1) is 0 Å². The van der Waals surface area contributed by atoms with Gasteiger partial charge in [0.05, 0.1) is 6.04 Å². The maximum absolute atomic E-state index is 11.7. The van der Waals surface area contributed by atoms with Gasteiger partial charge in [-0.1, -0.05) is 26.3 Å². The first-order valence-electron chi connectivity index (χ1n) is 5.79. The van der Waals surface area contributed by atoms with E-state index in [0.717, 1.165) is 6.42 Å². The maximum Gasteiger partial charge on any atom is 0.289 e. The smallest absolute Gasteiger partial charge is 0.289 e. The summed E-state index contributed by atoms with van der Waals surface area (Å²) in [5, 5.41) is 4.95. The fraction of sp³-hybridized carbons (Fsp3) is 0.583. The first-order chi connectivity index (χ1) is 8.06. The topological polar surface area (TPSA) is 75.3 Å². The molecule has 0 spiro atoms. The lowest BCUT2D eigenvalue weighted by Crippen LogP contribution is -2.47. The zero-order chi connectivity index (χ0) is 13.3. The van der Waals surface area contributed by atoms with Gasteiger partial charge in [-0.3, -0.25) is 14.4 Å². The molecule has 0 saturated carbocycles. The molecule has 0 aromatic carbocycles. The predicted octanol–water partition coefficient (Wildman–Crippen LogP) is 0.553. The van der Waals surface area contributed by atoms with E-state index in [2.05, 4.69) is 17.2 Å². The highest BCUT2D eigenvalue weighted by molar-refractivity contribution is 6.38. The molecule has 1 unspecified atom stereocenters. The van der Waals surface area contributed by atoms with Crippen LogP contribution in [0.5, 0.6) is 0 Å². The van der Waals surface area contributed by atoms with Crippen LogP contribution in [0.25, 0.3) is 0 Å². The summed E-state index contributed by atoms with van der Waals surface area (Å²) in [5.41, 5.74) is 0. The normalized spacial score (nSPS) is 11.4. The molecule has 0 aromatic heterocycles. The van der Waals surface area contributed by atoms with E-state index in [-0.39, 0.29) is 12.5 Å². The highest BCUT2D eigenvalue weighted by Crippen LogP contribution is 1.99. The number of hydrogen-bond donors (Lipinski definition) is 2. The summed E-state index contributed by atoms with van der Waals surface area (Å²) in [6.45, 7) is 7.26. The van der Waals surface area contributed by atoms with Gasteiger partial charge in [0.25, 0.3) is 5.91 Å². The SMILES string of the molecule is C=CCNC(=O)C(=O)C(CCC)NC(=O)CC. The lowest BCUT2D eigenvalue weighted by molar-refractivity contribution is -0.140. The fourth-order valence-corrected chi connectivity index (χ4v) is 1.26. The van der Waals surface area contributed by atoms with E-state index in [9.17, 15) is 14.4 Å². The fourth-order valence-electron chi connectivity index (χ4n) is 1.26. The van der Waals surface area contributed by atoms with Crippen molar-refractivity contribution in [2.24, 2.45) is 0 Å². The molecule has 0 aromatic rings. The second kappa shape index (κ2) is 8.50. The first-order valence-corrected chi connectivity index (χ1v) is 5.79. The summed E-state index contributed by atoms with van der Waals surface area (Å²) in [7, 11) is 0. The summed E-state index contributed by atoms with van der Waals surface area (Å²) in [6, 6.07) is -0.725. The monoisotopic (exact) mass is 240 g/mol. The average molecular weight is 240 g/mol. The molecular weight excluding hydrogens is 220 g/mol. The standard InChI is InChI=1S/C12H20N2O3/c1-4-7-9(14-10(15)6-3)11(16)12(17)13-8-5-2/h5,9H,2,4,6-8H2,1,3H3,(H,13,17)(H,14,15). The Labute approximate surface area is 102 Å². The molecule has 0 aliphatic heterocycles. The molecule has 0 bridgehead atoms. The van der Waals surface area contributed by atoms with Gasteiger partial charge in [0.2, 0.25) is 11.7 Å². The van der Waals surface area contributed by atoms with Gasteiger partial charge in [0, 0.05) is 13.0 Å². The second-order valence-electron chi connectivity index (χ2n) is 3.63. The minimum absolute atomic E-state index is 0.228. The Hall–Kier alpha value is -1.65. The third-order valence-corrected chi connectivity index (χ3v) is 2.18. The van der Waals surface area contributed by atoms with Crippen LogP contribution in [-0.4, -0.2) is 30.2 Å². The molecule has 17 heavy (non-hydrogen) atoms. The number of amides is 2. The number of ketones is 1. The highest BCUT2D eigenvalue weighted by atomic mass is 16.2. The molecule has 0 saturated heterocycles. The van der Waals surface area contributed by atoms with Gasteiger partial charge in [-0.15, -0.1) is 6.58 Å². The van der Waals surface area contributed by atoms with Crippen molar-refractivity contribution in [3.8, 4) is 0 Å². The van der Waals surface area contributed by atoms with Crippen LogP contribution >= 0.6 is 0 Å². The Kier molecular flexibility index (Phi) is 7.67. The second-order valence-corrected chi connectivity index (χ2v) is 3.63. The van der Waals surface area contributed by atoms with E-state index >= 15 is 0 Å². The molecule has 5 nitrogen and oxygen atoms in total. The zero-order valence-electron chi connectivity index (χ0n) is 10.4. The van der Waals surface area contributed by atoms with Crippen molar-refractivity contribution in [3.63, 3.8) is 0 Å². The van der Waals surface area contributed by atoms with Crippen molar-refractivity contribution in [3.05, 3.63) is 12.7 Å². The minimum atomic E-state index is -0.725. The molecular formula is C12H20N2O3. The molecule has 0 radical (unpaired) electrons. The summed E-state index contributed by atoms with van der Waals surface area (Å²) < 4.78 is 0. The number of carbonyl (C=O) groups excluding carboxylic acids is 3. The molecule has 0 rings (SSSR count). The van der Waals surface area contributed by atoms with Crippen LogP contribution in [0.2, 0.25) is 0 Å². The maximum atomic E-state index is 11.7. The number of Topliss-reactive ketones (excluding diaryl/α,β-unsaturated/α-hetero) is 1. The van der Waals surface area contributed by atoms with Gasteiger partial charge in [0.15, 0.2) is 0 Å². The van der Waals surface area contributed by atoms with Gasteiger partial charge in [-0.25, -0.2) is 0 Å². The molecule has 2 N–H and O–H groups in total. The number of nitrogens with one attached hydrogen (secondary N) is 2. The van der Waals surface area contributed by atoms with E-state index in [4.69, 9.17) is 0 Å². The van der Waals surface area contributed by atoms with E-state index in [1.807, 2.05) is 6.92 Å². The Morgan fingerprint density at radius 1 is 1.29 bits per heavy atom. The third kappa shape index (κ3) is 5.85. The molecule has 0 aliphatic carbocycles. The Morgan fingerprint density at radius 3 is 2.41 bits per heavy atom. The van der Waals surface area contributed by atoms with Crippen molar-refractivity contribution < 1.29 is 14.4 Å². The zero-order valence-corrected chi connectivity index (χ0v) is 10.4. The van der Waals surface area contributed by atoms with E-state index in [1.54, 1.807) is 6.92 Å². The molecule has 5 heteroatoms. The van der Waals surface area contributed by atoms with Crippen molar-refractivity contribution in [1.29, 1.82) is 0 Å². The molecule has 1 atom stereocenters. The van der Waals surface area contributed by atoms with Gasteiger partial charge in [0.1, 0.15) is 0 Å². The minimum Gasteiger partial charge on any atom is -0.346 e. The lowest BCUT2D eigenvalue weighted by Gasteiger charge is -2.15. The van der Waals surface area contributed by atoms with Crippen molar-refractivity contribution in [2.75, 3.05) is 6.54 Å². The lowest BCUT2D eigenvalue weighted by atomic mass is 10.1. The van der Waals surface area contributed by atoms with Crippen LogP contribution in [0.4, 0.5) is 0 Å². The quantitative estimate of drug-likeness (QED) is 0.480. The summed E-state index contributed by atoms with van der Waals surface area (Å²) in [6.07, 6.45) is 2.97. The third-order valence-electron chi connectivity index (χ3n) is 2.18. The van der Waals surface area contributed by atoms with Crippen LogP contribution < -0.4 is 10.6 Å². The first kappa shape index (κ1) is 15.3. The molecule has 2 amide bonds. The largest absolute Gasteiger partial charge is 0.346 e. The highest BCUT2D eigenvalue weighted by Gasteiger charge is 2.25. The average Bonchev–Trinajstić information content (AvgIpc) is 2.34. The summed E-state index contributed by atoms with van der Waals surface area (Å²) >= 11 is 0. The number of hydrogen-bond acceptors (Lipinski definition) is 3. The molecule has 96 valence electrons. The van der Waals surface area contributed by atoms with Crippen LogP contribution in [0.1, 0.15) is 33.1 Å². The van der Waals surface area contributed by atoms with E-state index in [0.29, 0.717) is 12.8 Å². The summed E-state index contributed by atoms with van der Waals surface area (Å²) in [4.78, 5) is 34.4. The van der Waals surface area contributed by atoms with Gasteiger partial charge < -0.3 is 10.6 Å². The van der Waals surface area contributed by atoms with Crippen molar-refractivity contribution in [1.82, 2.24) is 10.6 Å². The van der Waals surface area contributed by atoms with Crippen LogP contribution in [0.15, 0.2) is 12.7 Å². The van der Waals surface area contributed by atoms with Gasteiger partial charge >= 0.3 is 0 Å². The predicted molar refractivity (Wildman–Crippen MR) is 65.3 cm³/mol. The van der Waals surface area contributed by atoms with Crippen molar-refractivity contribution >= 4 is 17.6 Å². The number of carbonyl (C=O) groups is 3. The van der Waals surface area contributed by atoms with E-state index < -0.39 is 17.7 Å². The Bertz CT molecular complexity index is 300.